The number of nitrogens with one attached hydrogen (secondary N) is 2. The summed E-state index contributed by atoms with van der Waals surface area (Å²) >= 11 is 0. The van der Waals surface area contributed by atoms with Crippen molar-refractivity contribution in [2.75, 3.05) is 10.6 Å². The molecule has 0 heterocycles. The molecule has 0 radical (unpaired) electrons. The molecule has 4 N–H and O–H groups in total. The fourth-order valence-electron chi connectivity index (χ4n) is 2.70. The molecular weight excluding hydrogens is 346 g/mol. The van der Waals surface area contributed by atoms with Gasteiger partial charge in [-0.2, -0.15) is 0 Å². The number of anilines is 2. The molecule has 4 heteroatoms. The van der Waals surface area contributed by atoms with Crippen molar-refractivity contribution in [1.82, 2.24) is 0 Å². The van der Waals surface area contributed by atoms with Crippen LogP contribution in [0, 0.1) is 0 Å². The Morgan fingerprint density at radius 2 is 1.68 bits per heavy atom. The molecule has 28 heavy (non-hydrogen) atoms. The summed E-state index contributed by atoms with van der Waals surface area (Å²) in [5.41, 5.74) is 11.1. The minimum atomic E-state index is -0.279. The van der Waals surface area contributed by atoms with Gasteiger partial charge in [0.25, 0.3) is 0 Å². The van der Waals surface area contributed by atoms with Crippen molar-refractivity contribution in [2.24, 2.45) is 5.73 Å². The van der Waals surface area contributed by atoms with E-state index in [9.17, 15) is 4.79 Å². The Morgan fingerprint density at radius 1 is 1.04 bits per heavy atom. The number of carbonyl (C=O) groups is 1. The zero-order valence-corrected chi connectivity index (χ0v) is 17.0. The monoisotopic (exact) mass is 375 g/mol. The SMILES string of the molecule is C=C/C=C(\C=C(\C)N)c1ccc(NC(=O)Nc2cccc(C(C)(C)C)c2)cc1. The quantitative estimate of drug-likeness (QED) is 0.556. The molecule has 2 aromatic carbocycles. The van der Waals surface area contributed by atoms with Gasteiger partial charge in [-0.1, -0.05) is 63.8 Å². The summed E-state index contributed by atoms with van der Waals surface area (Å²) in [5.74, 6) is 0. The van der Waals surface area contributed by atoms with Crippen molar-refractivity contribution in [3.8, 4) is 0 Å². The number of carbonyl (C=O) groups excluding carboxylic acids is 1. The highest BCUT2D eigenvalue weighted by Crippen LogP contribution is 2.25. The van der Waals surface area contributed by atoms with E-state index < -0.39 is 0 Å². The van der Waals surface area contributed by atoms with Crippen molar-refractivity contribution in [3.63, 3.8) is 0 Å². The number of benzene rings is 2. The third-order valence-electron chi connectivity index (χ3n) is 4.14. The molecule has 0 bridgehead atoms. The molecule has 0 aliphatic rings. The van der Waals surface area contributed by atoms with Gasteiger partial charge < -0.3 is 16.4 Å². The Morgan fingerprint density at radius 3 is 2.25 bits per heavy atom. The van der Waals surface area contributed by atoms with Crippen LogP contribution in [0.15, 0.2) is 79.0 Å². The minimum Gasteiger partial charge on any atom is -0.402 e. The van der Waals surface area contributed by atoms with Crippen molar-refractivity contribution in [3.05, 3.63) is 90.2 Å². The average Bonchev–Trinajstić information content (AvgIpc) is 2.61. The highest BCUT2D eigenvalue weighted by molar-refractivity contribution is 5.99. The molecule has 0 aliphatic carbocycles. The third kappa shape index (κ3) is 6.16. The van der Waals surface area contributed by atoms with Gasteiger partial charge in [-0.3, -0.25) is 0 Å². The van der Waals surface area contributed by atoms with Crippen LogP contribution in [0.2, 0.25) is 0 Å². The Bertz CT molecular complexity index is 896. The molecule has 0 fully saturated rings. The van der Waals surface area contributed by atoms with Gasteiger partial charge in [-0.15, -0.1) is 0 Å². The number of amides is 2. The molecule has 2 rings (SSSR count). The fourth-order valence-corrected chi connectivity index (χ4v) is 2.70. The molecule has 0 saturated heterocycles. The van der Waals surface area contributed by atoms with E-state index in [0.717, 1.165) is 16.8 Å². The molecule has 2 aromatic rings. The van der Waals surface area contributed by atoms with Crippen LogP contribution in [0.25, 0.3) is 5.57 Å². The van der Waals surface area contributed by atoms with Crippen LogP contribution in [-0.4, -0.2) is 6.03 Å². The smallest absolute Gasteiger partial charge is 0.323 e. The number of rotatable bonds is 5. The van der Waals surface area contributed by atoms with Crippen LogP contribution >= 0.6 is 0 Å². The van der Waals surface area contributed by atoms with Crippen molar-refractivity contribution in [1.29, 1.82) is 0 Å². The highest BCUT2D eigenvalue weighted by atomic mass is 16.2. The summed E-state index contributed by atoms with van der Waals surface area (Å²) in [6.07, 6.45) is 5.51. The van der Waals surface area contributed by atoms with Gasteiger partial charge in [-0.25, -0.2) is 4.79 Å². The fraction of sp³-hybridized carbons (Fsp3) is 0.208. The maximum Gasteiger partial charge on any atom is 0.323 e. The second-order valence-electron chi connectivity index (χ2n) is 7.73. The normalized spacial score (nSPS) is 12.4. The lowest BCUT2D eigenvalue weighted by Crippen LogP contribution is -2.20. The van der Waals surface area contributed by atoms with Crippen LogP contribution in [0.5, 0.6) is 0 Å². The maximum absolute atomic E-state index is 12.3. The lowest BCUT2D eigenvalue weighted by molar-refractivity contribution is 0.262. The van der Waals surface area contributed by atoms with E-state index in [-0.39, 0.29) is 11.4 Å². The summed E-state index contributed by atoms with van der Waals surface area (Å²) in [6.45, 7) is 12.0. The first-order chi connectivity index (χ1) is 13.2. The van der Waals surface area contributed by atoms with Gasteiger partial charge in [0.05, 0.1) is 0 Å². The summed E-state index contributed by atoms with van der Waals surface area (Å²) in [4.78, 5) is 12.3. The van der Waals surface area contributed by atoms with E-state index in [1.165, 1.54) is 5.56 Å². The van der Waals surface area contributed by atoms with Gasteiger partial charge in [-0.05, 0) is 59.4 Å². The van der Waals surface area contributed by atoms with Crippen LogP contribution < -0.4 is 16.4 Å². The average molecular weight is 376 g/mol. The van der Waals surface area contributed by atoms with E-state index >= 15 is 0 Å². The molecule has 146 valence electrons. The van der Waals surface area contributed by atoms with E-state index in [1.54, 1.807) is 6.08 Å². The summed E-state index contributed by atoms with van der Waals surface area (Å²) in [6, 6.07) is 15.2. The molecule has 2 amide bonds. The molecule has 0 unspecified atom stereocenters. The van der Waals surface area contributed by atoms with E-state index in [4.69, 9.17) is 5.73 Å². The van der Waals surface area contributed by atoms with Crippen LogP contribution in [0.3, 0.4) is 0 Å². The molecule has 0 saturated carbocycles. The standard InChI is InChI=1S/C24H29N3O/c1-6-8-19(15-17(2)25)18-11-13-21(14-12-18)26-23(28)27-22-10-7-9-20(16-22)24(3,4)5/h6-16H,1,25H2,2-5H3,(H2,26,27,28)/b17-15-,19-8+. The van der Waals surface area contributed by atoms with Gasteiger partial charge in [0.2, 0.25) is 0 Å². The Balaban J connectivity index is 2.08. The van der Waals surface area contributed by atoms with Gasteiger partial charge >= 0.3 is 6.03 Å². The Labute approximate surface area is 167 Å². The molecule has 0 aromatic heterocycles. The number of urea groups is 1. The summed E-state index contributed by atoms with van der Waals surface area (Å²) < 4.78 is 0. The molecule has 0 spiro atoms. The predicted molar refractivity (Wildman–Crippen MR) is 120 cm³/mol. The lowest BCUT2D eigenvalue weighted by atomic mass is 9.87. The van der Waals surface area contributed by atoms with Crippen LogP contribution in [-0.2, 0) is 5.41 Å². The minimum absolute atomic E-state index is 0.0248. The van der Waals surface area contributed by atoms with E-state index in [1.807, 2.05) is 61.5 Å². The van der Waals surface area contributed by atoms with E-state index in [2.05, 4.69) is 44.1 Å². The van der Waals surface area contributed by atoms with Crippen molar-refractivity contribution < 1.29 is 4.79 Å². The summed E-state index contributed by atoms with van der Waals surface area (Å²) in [5, 5.41) is 5.74. The number of nitrogens with two attached hydrogens (primary N) is 1. The first-order valence-electron chi connectivity index (χ1n) is 9.24. The van der Waals surface area contributed by atoms with Crippen LogP contribution in [0.1, 0.15) is 38.8 Å². The first-order valence-corrected chi connectivity index (χ1v) is 9.24. The molecule has 0 aliphatic heterocycles. The Hall–Kier alpha value is -3.27. The first kappa shape index (κ1) is 21.0. The lowest BCUT2D eigenvalue weighted by Gasteiger charge is -2.20. The van der Waals surface area contributed by atoms with Crippen molar-refractivity contribution in [2.45, 2.75) is 33.1 Å². The maximum atomic E-state index is 12.3. The third-order valence-corrected chi connectivity index (χ3v) is 4.14. The number of hydrogen-bond donors (Lipinski definition) is 3. The van der Waals surface area contributed by atoms with Gasteiger partial charge in [0.15, 0.2) is 0 Å². The number of hydrogen-bond acceptors (Lipinski definition) is 2. The zero-order chi connectivity index (χ0) is 20.7. The largest absolute Gasteiger partial charge is 0.402 e. The molecule has 4 nitrogen and oxygen atoms in total. The zero-order valence-electron chi connectivity index (χ0n) is 17.0. The highest BCUT2D eigenvalue weighted by Gasteiger charge is 2.14. The second kappa shape index (κ2) is 9.09. The molecular formula is C24H29N3O. The number of allylic oxidation sites excluding steroid dienone is 5. The van der Waals surface area contributed by atoms with Gasteiger partial charge in [0, 0.05) is 17.1 Å². The molecule has 0 atom stereocenters. The Kier molecular flexibility index (Phi) is 6.83. The summed E-state index contributed by atoms with van der Waals surface area (Å²) in [7, 11) is 0. The predicted octanol–water partition coefficient (Wildman–Crippen LogP) is 6.06. The van der Waals surface area contributed by atoms with Gasteiger partial charge in [0.1, 0.15) is 0 Å². The van der Waals surface area contributed by atoms with Crippen LogP contribution in [0.4, 0.5) is 16.2 Å². The van der Waals surface area contributed by atoms with Crippen molar-refractivity contribution >= 4 is 23.0 Å². The van der Waals surface area contributed by atoms with E-state index in [0.29, 0.717) is 11.4 Å². The topological polar surface area (TPSA) is 67.1 Å². The second-order valence-corrected chi connectivity index (χ2v) is 7.73.